The maximum atomic E-state index is 14.0. The number of carbonyl (C=O) groups excluding carboxylic acids is 2. The van der Waals surface area contributed by atoms with Gasteiger partial charge in [0.05, 0.1) is 17.6 Å². The number of aliphatic hydroxyl groups excluding tert-OH is 1. The minimum atomic E-state index is -1.19. The fourth-order valence-corrected chi connectivity index (χ4v) is 6.57. The Hall–Kier alpha value is -2.29. The zero-order chi connectivity index (χ0) is 27.7. The quantitative estimate of drug-likeness (QED) is 0.356. The topological polar surface area (TPSA) is 90.5 Å². The van der Waals surface area contributed by atoms with Gasteiger partial charge in [-0.1, -0.05) is 50.6 Å². The van der Waals surface area contributed by atoms with Gasteiger partial charge in [0, 0.05) is 28.7 Å². The average molecular weight is 550 g/mol. The Balaban J connectivity index is 1.75. The number of aliphatic hydroxyl groups is 1. The Labute approximate surface area is 228 Å². The van der Waals surface area contributed by atoms with Crippen LogP contribution in [0.5, 0.6) is 0 Å². The SMILES string of the molecule is CC(C)(C)C[C@@H]1N[C@@H](C(=O)NC2CCC(O)CC2)[C@H](C/C=C\C=C(\F)CF)[C@]12C(=O)Nc1cc(Cl)ccc12. The molecule has 0 radical (unpaired) electrons. The number of benzene rings is 1. The number of alkyl halides is 1. The van der Waals surface area contributed by atoms with Crippen molar-refractivity contribution < 1.29 is 23.5 Å². The van der Waals surface area contributed by atoms with Crippen LogP contribution in [0.1, 0.15) is 64.9 Å². The second-order valence-electron chi connectivity index (χ2n) is 12.0. The molecule has 208 valence electrons. The molecule has 6 nitrogen and oxygen atoms in total. The van der Waals surface area contributed by atoms with Crippen molar-refractivity contribution in [1.29, 1.82) is 0 Å². The monoisotopic (exact) mass is 549 g/mol. The molecule has 2 amide bonds. The molecule has 0 unspecified atom stereocenters. The first-order valence-corrected chi connectivity index (χ1v) is 13.8. The summed E-state index contributed by atoms with van der Waals surface area (Å²) in [4.78, 5) is 27.7. The van der Waals surface area contributed by atoms with Gasteiger partial charge in [-0.25, -0.2) is 8.78 Å². The lowest BCUT2D eigenvalue weighted by Crippen LogP contribution is -2.50. The van der Waals surface area contributed by atoms with E-state index in [4.69, 9.17) is 11.6 Å². The molecule has 1 aromatic carbocycles. The summed E-state index contributed by atoms with van der Waals surface area (Å²) in [5.74, 6) is -1.78. The molecular weight excluding hydrogens is 512 g/mol. The van der Waals surface area contributed by atoms with E-state index in [9.17, 15) is 23.5 Å². The van der Waals surface area contributed by atoms with Crippen molar-refractivity contribution in [3.05, 3.63) is 52.8 Å². The van der Waals surface area contributed by atoms with Crippen LogP contribution < -0.4 is 16.0 Å². The molecule has 0 aromatic heterocycles. The molecule has 2 heterocycles. The first kappa shape index (κ1) is 28.7. The number of halogens is 3. The molecule has 1 aromatic rings. The lowest BCUT2D eigenvalue weighted by atomic mass is 9.63. The van der Waals surface area contributed by atoms with Crippen molar-refractivity contribution in [1.82, 2.24) is 10.6 Å². The summed E-state index contributed by atoms with van der Waals surface area (Å²) in [7, 11) is 0. The number of anilines is 1. The van der Waals surface area contributed by atoms with Crippen molar-refractivity contribution in [2.75, 3.05) is 12.0 Å². The van der Waals surface area contributed by atoms with E-state index in [1.165, 1.54) is 6.08 Å². The number of rotatable bonds is 7. The van der Waals surface area contributed by atoms with Crippen LogP contribution >= 0.6 is 11.6 Å². The lowest BCUT2D eigenvalue weighted by Gasteiger charge is -2.37. The van der Waals surface area contributed by atoms with Crippen LogP contribution in [0, 0.1) is 11.3 Å². The van der Waals surface area contributed by atoms with Gasteiger partial charge in [-0.15, -0.1) is 0 Å². The fourth-order valence-electron chi connectivity index (χ4n) is 6.39. The minimum Gasteiger partial charge on any atom is -0.393 e. The average Bonchev–Trinajstić information content (AvgIpc) is 3.31. The maximum absolute atomic E-state index is 14.0. The molecule has 1 aliphatic carbocycles. The van der Waals surface area contributed by atoms with Gasteiger partial charge in [0.25, 0.3) is 0 Å². The van der Waals surface area contributed by atoms with Gasteiger partial charge in [-0.3, -0.25) is 9.59 Å². The molecule has 0 bridgehead atoms. The number of nitrogens with one attached hydrogen (secondary N) is 3. The highest BCUT2D eigenvalue weighted by molar-refractivity contribution is 6.31. The molecule has 2 aliphatic heterocycles. The summed E-state index contributed by atoms with van der Waals surface area (Å²) in [5, 5.41) is 20.1. The van der Waals surface area contributed by atoms with Crippen molar-refractivity contribution >= 4 is 29.1 Å². The number of carbonyl (C=O) groups is 2. The highest BCUT2D eigenvalue weighted by Crippen LogP contribution is 2.54. The molecule has 1 saturated heterocycles. The molecular formula is C29H38ClF2N3O3. The third-order valence-corrected chi connectivity index (χ3v) is 8.28. The fraction of sp³-hybridized carbons (Fsp3) is 0.586. The van der Waals surface area contributed by atoms with E-state index < -0.39 is 29.9 Å². The van der Waals surface area contributed by atoms with E-state index in [2.05, 4.69) is 36.7 Å². The largest absolute Gasteiger partial charge is 0.393 e. The first-order valence-electron chi connectivity index (χ1n) is 13.4. The highest BCUT2D eigenvalue weighted by Gasteiger charge is 2.64. The molecule has 4 rings (SSSR count). The predicted octanol–water partition coefficient (Wildman–Crippen LogP) is 5.11. The smallest absolute Gasteiger partial charge is 0.237 e. The number of fused-ring (bicyclic) bond motifs is 2. The van der Waals surface area contributed by atoms with Crippen molar-refractivity contribution in [3.63, 3.8) is 0 Å². The molecule has 38 heavy (non-hydrogen) atoms. The van der Waals surface area contributed by atoms with Crippen LogP contribution in [-0.2, 0) is 15.0 Å². The molecule has 1 saturated carbocycles. The van der Waals surface area contributed by atoms with Crippen LogP contribution in [0.4, 0.5) is 14.5 Å². The van der Waals surface area contributed by atoms with Crippen LogP contribution in [0.2, 0.25) is 5.02 Å². The number of hydrogen-bond acceptors (Lipinski definition) is 4. The summed E-state index contributed by atoms with van der Waals surface area (Å²) >= 11 is 6.26. The van der Waals surface area contributed by atoms with E-state index in [-0.39, 0.29) is 35.4 Å². The first-order chi connectivity index (χ1) is 18.0. The van der Waals surface area contributed by atoms with E-state index in [1.54, 1.807) is 18.2 Å². The highest BCUT2D eigenvalue weighted by atomic mass is 35.5. The van der Waals surface area contributed by atoms with Gasteiger partial charge in [-0.05, 0) is 67.7 Å². The summed E-state index contributed by atoms with van der Waals surface area (Å²) in [6.45, 7) is 5.10. The molecule has 4 atom stereocenters. The van der Waals surface area contributed by atoms with Crippen molar-refractivity contribution in [2.45, 2.75) is 88.9 Å². The Morgan fingerprint density at radius 3 is 2.63 bits per heavy atom. The Morgan fingerprint density at radius 1 is 1.26 bits per heavy atom. The third-order valence-electron chi connectivity index (χ3n) is 8.04. The van der Waals surface area contributed by atoms with Crippen LogP contribution in [0.15, 0.2) is 42.3 Å². The zero-order valence-electron chi connectivity index (χ0n) is 22.2. The summed E-state index contributed by atoms with van der Waals surface area (Å²) in [5.41, 5.74) is 0.194. The van der Waals surface area contributed by atoms with E-state index >= 15 is 0 Å². The number of amides is 2. The molecule has 9 heteroatoms. The number of allylic oxidation sites excluding steroid dienone is 4. The Kier molecular flexibility index (Phi) is 8.65. The number of hydrogen-bond donors (Lipinski definition) is 4. The standard InChI is InChI=1S/C29H38ClF2N3O3/c1-28(2,3)15-24-29(21-13-8-17(30)14-23(21)34-27(29)38)22(7-5-4-6-18(32)16-31)25(35-24)26(37)33-19-9-11-20(36)12-10-19/h4-6,8,13-14,19-20,22,24-25,35-36H,7,9-12,15-16H2,1-3H3,(H,33,37)(H,34,38)/b5-4-,18-6+/t19?,20?,22-,24-,25+,29-/m0/s1. The summed E-state index contributed by atoms with van der Waals surface area (Å²) in [6, 6.07) is 4.24. The van der Waals surface area contributed by atoms with Crippen LogP contribution in [-0.4, -0.2) is 47.8 Å². The lowest BCUT2D eigenvalue weighted by molar-refractivity contribution is -0.126. The third kappa shape index (κ3) is 5.82. The van der Waals surface area contributed by atoms with Gasteiger partial charge in [0.1, 0.15) is 12.5 Å². The molecule has 1 spiro atoms. The second-order valence-corrected chi connectivity index (χ2v) is 12.4. The van der Waals surface area contributed by atoms with Gasteiger partial charge >= 0.3 is 0 Å². The second kappa shape index (κ2) is 11.4. The zero-order valence-corrected chi connectivity index (χ0v) is 23.0. The molecule has 3 aliphatic rings. The van der Waals surface area contributed by atoms with Gasteiger partial charge in [0.2, 0.25) is 11.8 Å². The Morgan fingerprint density at radius 2 is 1.97 bits per heavy atom. The van der Waals surface area contributed by atoms with Crippen LogP contribution in [0.25, 0.3) is 0 Å². The summed E-state index contributed by atoms with van der Waals surface area (Å²) < 4.78 is 26.0. The van der Waals surface area contributed by atoms with Crippen molar-refractivity contribution in [3.8, 4) is 0 Å². The predicted molar refractivity (Wildman–Crippen MR) is 145 cm³/mol. The van der Waals surface area contributed by atoms with Gasteiger partial charge in [0.15, 0.2) is 0 Å². The van der Waals surface area contributed by atoms with Crippen LogP contribution in [0.3, 0.4) is 0 Å². The van der Waals surface area contributed by atoms with E-state index in [0.29, 0.717) is 49.2 Å². The Bertz CT molecular complexity index is 1110. The normalized spacial score (nSPS) is 31.6. The maximum Gasteiger partial charge on any atom is 0.237 e. The minimum absolute atomic E-state index is 0.0495. The molecule has 4 N–H and O–H groups in total. The van der Waals surface area contributed by atoms with Gasteiger partial charge < -0.3 is 21.1 Å². The van der Waals surface area contributed by atoms with Crippen molar-refractivity contribution in [2.24, 2.45) is 11.3 Å². The summed E-state index contributed by atoms with van der Waals surface area (Å²) in [6.07, 6.45) is 7.42. The van der Waals surface area contributed by atoms with E-state index in [1.807, 2.05) is 6.07 Å². The van der Waals surface area contributed by atoms with E-state index in [0.717, 1.165) is 11.6 Å². The molecule has 2 fully saturated rings. The van der Waals surface area contributed by atoms with Gasteiger partial charge in [-0.2, -0.15) is 0 Å².